The molecular weight excluding hydrogens is 360 g/mol. The Labute approximate surface area is 141 Å². The van der Waals surface area contributed by atoms with Gasteiger partial charge in [0.1, 0.15) is 23.1 Å². The Morgan fingerprint density at radius 3 is 2.57 bits per heavy atom. The molecule has 2 aromatic heterocycles. The van der Waals surface area contributed by atoms with E-state index in [1.807, 2.05) is 31.2 Å². The maximum atomic E-state index is 12.3. The zero-order valence-electron chi connectivity index (χ0n) is 12.8. The van der Waals surface area contributed by atoms with Crippen molar-refractivity contribution in [2.75, 3.05) is 0 Å². The summed E-state index contributed by atoms with van der Waals surface area (Å²) >= 11 is 3.37. The molecule has 0 fully saturated rings. The number of halogens is 1. The van der Waals surface area contributed by atoms with E-state index in [0.717, 1.165) is 21.2 Å². The van der Waals surface area contributed by atoms with Crippen molar-refractivity contribution in [2.45, 2.75) is 26.7 Å². The van der Waals surface area contributed by atoms with Crippen molar-refractivity contribution >= 4 is 32.5 Å². The summed E-state index contributed by atoms with van der Waals surface area (Å²) in [5.74, 6) is 1.94. The molecule has 1 aromatic carbocycles. The molecule has 23 heavy (non-hydrogen) atoms. The quantitative estimate of drug-likeness (QED) is 0.666. The van der Waals surface area contributed by atoms with Crippen molar-refractivity contribution in [1.29, 1.82) is 0 Å². The number of hydrogen-bond donors (Lipinski definition) is 0. The van der Waals surface area contributed by atoms with Gasteiger partial charge in [0.2, 0.25) is 0 Å². The number of Topliss-reactive ketones (excluding diaryl/α,β-unsaturated/α-hetero) is 1. The van der Waals surface area contributed by atoms with Crippen LogP contribution in [0.25, 0.3) is 22.1 Å². The molecule has 0 aliphatic heterocycles. The molecule has 0 saturated heterocycles. The van der Waals surface area contributed by atoms with Crippen LogP contribution in [-0.4, -0.2) is 5.78 Å². The van der Waals surface area contributed by atoms with Gasteiger partial charge in [0, 0.05) is 22.7 Å². The van der Waals surface area contributed by atoms with E-state index in [4.69, 9.17) is 8.83 Å². The third-order valence-electron chi connectivity index (χ3n) is 3.66. The SMILES string of the molecule is CC(=O)CCc1oc(=O)c2cc(Br)ccc2c1-c1ccc(C)o1. The maximum Gasteiger partial charge on any atom is 0.343 e. The van der Waals surface area contributed by atoms with E-state index >= 15 is 0 Å². The van der Waals surface area contributed by atoms with Crippen LogP contribution in [0.1, 0.15) is 24.9 Å². The van der Waals surface area contributed by atoms with Crippen LogP contribution in [0.15, 0.2) is 48.4 Å². The average molecular weight is 375 g/mol. The third-order valence-corrected chi connectivity index (χ3v) is 4.15. The normalized spacial score (nSPS) is 11.1. The standard InChI is InChI=1S/C18H15BrO4/c1-10(20)3-7-16-17(15-8-4-11(2)22-15)13-6-5-12(19)9-14(13)18(21)23-16/h4-6,8-9H,3,7H2,1-2H3. The van der Waals surface area contributed by atoms with E-state index in [-0.39, 0.29) is 5.78 Å². The lowest BCUT2D eigenvalue weighted by molar-refractivity contribution is -0.117. The van der Waals surface area contributed by atoms with Gasteiger partial charge in [-0.05, 0) is 38.1 Å². The van der Waals surface area contributed by atoms with Crippen LogP contribution >= 0.6 is 15.9 Å². The van der Waals surface area contributed by atoms with E-state index in [2.05, 4.69) is 15.9 Å². The highest BCUT2D eigenvalue weighted by molar-refractivity contribution is 9.10. The largest absolute Gasteiger partial charge is 0.461 e. The first-order valence-electron chi connectivity index (χ1n) is 7.27. The van der Waals surface area contributed by atoms with Gasteiger partial charge >= 0.3 is 5.63 Å². The van der Waals surface area contributed by atoms with E-state index < -0.39 is 5.63 Å². The lowest BCUT2D eigenvalue weighted by Crippen LogP contribution is -2.06. The van der Waals surface area contributed by atoms with Crippen LogP contribution in [0, 0.1) is 6.92 Å². The van der Waals surface area contributed by atoms with E-state index in [1.54, 1.807) is 6.07 Å². The summed E-state index contributed by atoms with van der Waals surface area (Å²) in [5, 5.41) is 1.24. The summed E-state index contributed by atoms with van der Waals surface area (Å²) in [7, 11) is 0. The van der Waals surface area contributed by atoms with Crippen LogP contribution in [0.5, 0.6) is 0 Å². The summed E-state index contributed by atoms with van der Waals surface area (Å²) in [4.78, 5) is 23.6. The van der Waals surface area contributed by atoms with Gasteiger partial charge in [-0.1, -0.05) is 22.0 Å². The fourth-order valence-corrected chi connectivity index (χ4v) is 2.94. The van der Waals surface area contributed by atoms with Crippen LogP contribution in [0.2, 0.25) is 0 Å². The second-order valence-corrected chi connectivity index (χ2v) is 6.41. The first kappa shape index (κ1) is 15.7. The number of benzene rings is 1. The lowest BCUT2D eigenvalue weighted by atomic mass is 10.0. The zero-order valence-corrected chi connectivity index (χ0v) is 14.4. The molecule has 0 N–H and O–H groups in total. The van der Waals surface area contributed by atoms with Crippen molar-refractivity contribution in [3.8, 4) is 11.3 Å². The van der Waals surface area contributed by atoms with Crippen molar-refractivity contribution in [1.82, 2.24) is 0 Å². The molecule has 0 atom stereocenters. The predicted molar refractivity (Wildman–Crippen MR) is 91.6 cm³/mol. The summed E-state index contributed by atoms with van der Waals surface area (Å²) in [6.45, 7) is 3.38. The molecule has 0 saturated carbocycles. The number of hydrogen-bond acceptors (Lipinski definition) is 4. The van der Waals surface area contributed by atoms with Crippen LogP contribution < -0.4 is 5.63 Å². The van der Waals surface area contributed by atoms with Gasteiger partial charge < -0.3 is 13.6 Å². The topological polar surface area (TPSA) is 60.4 Å². The van der Waals surface area contributed by atoms with E-state index in [0.29, 0.717) is 29.7 Å². The van der Waals surface area contributed by atoms with Crippen molar-refractivity contribution in [3.63, 3.8) is 0 Å². The van der Waals surface area contributed by atoms with Crippen LogP contribution in [-0.2, 0) is 11.2 Å². The molecule has 0 amide bonds. The minimum Gasteiger partial charge on any atom is -0.461 e. The molecule has 0 aliphatic carbocycles. The molecular formula is C18H15BrO4. The first-order chi connectivity index (χ1) is 11.0. The number of furan rings is 1. The van der Waals surface area contributed by atoms with Crippen molar-refractivity contribution in [2.24, 2.45) is 0 Å². The Bertz CT molecular complexity index is 949. The molecule has 118 valence electrons. The Balaban J connectivity index is 2.30. The summed E-state index contributed by atoms with van der Waals surface area (Å²) in [6, 6.07) is 9.18. The number of aryl methyl sites for hydroxylation is 2. The second-order valence-electron chi connectivity index (χ2n) is 5.49. The number of fused-ring (bicyclic) bond motifs is 1. The Hall–Kier alpha value is -2.14. The first-order valence-corrected chi connectivity index (χ1v) is 8.06. The molecule has 0 radical (unpaired) electrons. The van der Waals surface area contributed by atoms with Gasteiger partial charge in [0.25, 0.3) is 0 Å². The van der Waals surface area contributed by atoms with Crippen molar-refractivity contribution in [3.05, 3.63) is 56.7 Å². The van der Waals surface area contributed by atoms with Gasteiger partial charge in [-0.25, -0.2) is 4.79 Å². The number of ketones is 1. The van der Waals surface area contributed by atoms with E-state index in [9.17, 15) is 9.59 Å². The molecule has 3 aromatic rings. The molecule has 0 aliphatic rings. The fraction of sp³-hybridized carbons (Fsp3) is 0.222. The minimum atomic E-state index is -0.410. The maximum absolute atomic E-state index is 12.3. The Morgan fingerprint density at radius 1 is 1.13 bits per heavy atom. The summed E-state index contributed by atoms with van der Waals surface area (Å²) < 4.78 is 12.0. The fourth-order valence-electron chi connectivity index (χ4n) is 2.58. The van der Waals surface area contributed by atoms with Gasteiger partial charge in [-0.2, -0.15) is 0 Å². The number of rotatable bonds is 4. The molecule has 0 unspecified atom stereocenters. The number of carbonyl (C=O) groups is 1. The Morgan fingerprint density at radius 2 is 1.91 bits per heavy atom. The predicted octanol–water partition coefficient (Wildman–Crippen LogP) is 4.65. The lowest BCUT2D eigenvalue weighted by Gasteiger charge is -2.09. The highest BCUT2D eigenvalue weighted by atomic mass is 79.9. The van der Waals surface area contributed by atoms with Crippen molar-refractivity contribution < 1.29 is 13.6 Å². The second kappa shape index (κ2) is 6.16. The smallest absolute Gasteiger partial charge is 0.343 e. The van der Waals surface area contributed by atoms with Gasteiger partial charge in [-0.3, -0.25) is 0 Å². The number of carbonyl (C=O) groups excluding carboxylic acids is 1. The molecule has 4 nitrogen and oxygen atoms in total. The zero-order chi connectivity index (χ0) is 16.6. The Kier molecular flexibility index (Phi) is 4.22. The average Bonchev–Trinajstić information content (AvgIpc) is 2.92. The van der Waals surface area contributed by atoms with Gasteiger partial charge in [-0.15, -0.1) is 0 Å². The summed E-state index contributed by atoms with van der Waals surface area (Å²) in [5.41, 5.74) is 0.327. The molecule has 2 heterocycles. The minimum absolute atomic E-state index is 0.0464. The molecule has 0 spiro atoms. The van der Waals surface area contributed by atoms with Gasteiger partial charge in [0.05, 0.1) is 10.9 Å². The molecule has 3 rings (SSSR count). The highest BCUT2D eigenvalue weighted by Crippen LogP contribution is 2.33. The highest BCUT2D eigenvalue weighted by Gasteiger charge is 2.18. The molecule has 0 bridgehead atoms. The van der Waals surface area contributed by atoms with E-state index in [1.165, 1.54) is 6.92 Å². The van der Waals surface area contributed by atoms with Crippen LogP contribution in [0.4, 0.5) is 0 Å². The summed E-state index contributed by atoms with van der Waals surface area (Å²) in [6.07, 6.45) is 0.684. The van der Waals surface area contributed by atoms with Crippen LogP contribution in [0.3, 0.4) is 0 Å². The van der Waals surface area contributed by atoms with Gasteiger partial charge in [0.15, 0.2) is 0 Å². The monoisotopic (exact) mass is 374 g/mol. The third kappa shape index (κ3) is 3.15. The molecule has 5 heteroatoms.